The number of nitrogens with two attached hydrogens (primary N) is 1. The number of alkyl halides is 1. The summed E-state index contributed by atoms with van der Waals surface area (Å²) in [4.78, 5) is 20.0. The van der Waals surface area contributed by atoms with Gasteiger partial charge in [-0.25, -0.2) is 18.7 Å². The molecule has 0 bridgehead atoms. The van der Waals surface area contributed by atoms with Gasteiger partial charge in [-0.1, -0.05) is 5.92 Å². The Hall–Kier alpha value is -3.81. The SMILES string of the molecule is C#CCOc1cnc(C(=O)Nc2cc(F)c(F)c([C@H](CF)CCOC(=N)N)c2)cn1. The van der Waals surface area contributed by atoms with Gasteiger partial charge in [-0.15, -0.1) is 6.42 Å². The molecule has 1 heterocycles. The molecule has 1 aromatic carbocycles. The van der Waals surface area contributed by atoms with Crippen LogP contribution in [-0.2, 0) is 4.74 Å². The molecule has 30 heavy (non-hydrogen) atoms. The van der Waals surface area contributed by atoms with Crippen LogP contribution < -0.4 is 15.8 Å². The van der Waals surface area contributed by atoms with E-state index >= 15 is 0 Å². The number of amides is 1. The third-order valence-electron chi connectivity index (χ3n) is 3.83. The molecule has 0 unspecified atom stereocenters. The number of ether oxygens (including phenoxy) is 2. The number of terminal acetylenes is 1. The quantitative estimate of drug-likeness (QED) is 0.325. The Labute approximate surface area is 170 Å². The van der Waals surface area contributed by atoms with E-state index in [2.05, 4.69) is 21.2 Å². The van der Waals surface area contributed by atoms with Crippen LogP contribution in [0.3, 0.4) is 0 Å². The van der Waals surface area contributed by atoms with Crippen LogP contribution in [0.1, 0.15) is 28.4 Å². The van der Waals surface area contributed by atoms with Crippen molar-refractivity contribution < 1.29 is 27.4 Å². The van der Waals surface area contributed by atoms with E-state index in [1.54, 1.807) is 0 Å². The molecule has 1 aromatic heterocycles. The average molecular weight is 421 g/mol. The molecule has 11 heteroatoms. The number of rotatable bonds is 9. The number of halogens is 3. The molecule has 0 saturated heterocycles. The smallest absolute Gasteiger partial charge is 0.278 e. The fourth-order valence-corrected chi connectivity index (χ4v) is 2.43. The molecule has 2 aromatic rings. The molecule has 2 rings (SSSR count). The summed E-state index contributed by atoms with van der Waals surface area (Å²) in [6, 6.07) is 1.30. The van der Waals surface area contributed by atoms with Gasteiger partial charge >= 0.3 is 0 Å². The van der Waals surface area contributed by atoms with Crippen LogP contribution in [0.2, 0.25) is 0 Å². The van der Waals surface area contributed by atoms with E-state index in [0.717, 1.165) is 18.3 Å². The molecule has 0 radical (unpaired) electrons. The molecule has 0 saturated carbocycles. The number of nitrogens with zero attached hydrogens (tertiary/aromatic N) is 2. The fourth-order valence-electron chi connectivity index (χ4n) is 2.43. The van der Waals surface area contributed by atoms with Crippen molar-refractivity contribution in [3.8, 4) is 18.2 Å². The van der Waals surface area contributed by atoms with Crippen molar-refractivity contribution in [2.24, 2.45) is 5.73 Å². The highest BCUT2D eigenvalue weighted by Crippen LogP contribution is 2.28. The normalized spacial score (nSPS) is 11.3. The van der Waals surface area contributed by atoms with Crippen LogP contribution in [0, 0.1) is 29.4 Å². The average Bonchev–Trinajstić information content (AvgIpc) is 2.72. The Morgan fingerprint density at radius 2 is 2.10 bits per heavy atom. The zero-order valence-corrected chi connectivity index (χ0v) is 15.6. The Morgan fingerprint density at radius 3 is 2.70 bits per heavy atom. The highest BCUT2D eigenvalue weighted by molar-refractivity contribution is 6.02. The number of benzene rings is 1. The van der Waals surface area contributed by atoms with E-state index in [9.17, 15) is 18.0 Å². The summed E-state index contributed by atoms with van der Waals surface area (Å²) in [5, 5.41) is 9.32. The van der Waals surface area contributed by atoms with Crippen LogP contribution in [0.25, 0.3) is 0 Å². The second kappa shape index (κ2) is 10.7. The molecule has 0 aliphatic heterocycles. The Morgan fingerprint density at radius 1 is 1.33 bits per heavy atom. The van der Waals surface area contributed by atoms with Gasteiger partial charge in [0.2, 0.25) is 5.88 Å². The number of amidine groups is 1. The lowest BCUT2D eigenvalue weighted by Crippen LogP contribution is -2.18. The molecular weight excluding hydrogens is 403 g/mol. The first-order valence-corrected chi connectivity index (χ1v) is 8.57. The first-order chi connectivity index (χ1) is 14.3. The molecule has 158 valence electrons. The molecule has 0 fully saturated rings. The lowest BCUT2D eigenvalue weighted by Gasteiger charge is -2.16. The lowest BCUT2D eigenvalue weighted by atomic mass is 9.96. The number of anilines is 1. The molecule has 0 aliphatic carbocycles. The van der Waals surface area contributed by atoms with Crippen molar-refractivity contribution in [3.05, 3.63) is 47.4 Å². The summed E-state index contributed by atoms with van der Waals surface area (Å²) >= 11 is 0. The lowest BCUT2D eigenvalue weighted by molar-refractivity contribution is 0.102. The van der Waals surface area contributed by atoms with E-state index in [1.165, 1.54) is 6.20 Å². The maximum absolute atomic E-state index is 14.2. The van der Waals surface area contributed by atoms with Gasteiger partial charge in [0.05, 0.1) is 25.7 Å². The Balaban J connectivity index is 2.16. The first kappa shape index (κ1) is 22.5. The second-order valence-corrected chi connectivity index (χ2v) is 5.90. The fraction of sp³-hybridized carbons (Fsp3) is 0.263. The van der Waals surface area contributed by atoms with Gasteiger partial charge in [-0.3, -0.25) is 14.6 Å². The highest BCUT2D eigenvalue weighted by atomic mass is 19.2. The third kappa shape index (κ3) is 6.10. The molecule has 0 spiro atoms. The van der Waals surface area contributed by atoms with Crippen molar-refractivity contribution in [3.63, 3.8) is 0 Å². The van der Waals surface area contributed by atoms with Gasteiger partial charge in [0, 0.05) is 17.7 Å². The molecule has 1 atom stereocenters. The van der Waals surface area contributed by atoms with Gasteiger partial charge in [-0.05, 0) is 18.1 Å². The van der Waals surface area contributed by atoms with Crippen molar-refractivity contribution in [1.82, 2.24) is 9.97 Å². The summed E-state index contributed by atoms with van der Waals surface area (Å²) in [5.74, 6) is -1.97. The minimum absolute atomic E-state index is 0.0228. The van der Waals surface area contributed by atoms with E-state index in [-0.39, 0.29) is 42.5 Å². The predicted molar refractivity (Wildman–Crippen MR) is 102 cm³/mol. The molecule has 1 amide bonds. The zero-order valence-electron chi connectivity index (χ0n) is 15.6. The van der Waals surface area contributed by atoms with Gasteiger partial charge in [0.25, 0.3) is 11.9 Å². The standard InChI is InChI=1S/C19H18F3N5O3/c1-2-4-29-16-10-25-15(9-26-16)18(28)27-12-6-13(17(22)14(21)7-12)11(8-20)3-5-30-19(23)24/h1,6-7,9-11H,3-5,8H2,(H3,23,24)(H,27,28)/t11-/m0/s1. The van der Waals surface area contributed by atoms with Crippen molar-refractivity contribution in [2.75, 3.05) is 25.2 Å². The van der Waals surface area contributed by atoms with Gasteiger partial charge in [0.15, 0.2) is 18.2 Å². The number of hydrogen-bond donors (Lipinski definition) is 3. The minimum atomic E-state index is -1.27. The Kier molecular flexibility index (Phi) is 7.99. The van der Waals surface area contributed by atoms with Crippen LogP contribution >= 0.6 is 0 Å². The number of aromatic nitrogens is 2. The van der Waals surface area contributed by atoms with Crippen LogP contribution in [0.15, 0.2) is 24.5 Å². The number of carbonyl (C=O) groups excluding carboxylic acids is 1. The molecule has 0 aliphatic rings. The molecule has 4 N–H and O–H groups in total. The van der Waals surface area contributed by atoms with Gasteiger partial charge in [0.1, 0.15) is 5.69 Å². The Bertz CT molecular complexity index is 948. The van der Waals surface area contributed by atoms with E-state index in [1.807, 2.05) is 0 Å². The molecular formula is C19H18F3N5O3. The van der Waals surface area contributed by atoms with E-state index in [4.69, 9.17) is 27.0 Å². The monoisotopic (exact) mass is 421 g/mol. The first-order valence-electron chi connectivity index (χ1n) is 8.57. The zero-order chi connectivity index (χ0) is 22.1. The summed E-state index contributed by atoms with van der Waals surface area (Å²) < 4.78 is 51.4. The number of carbonyl (C=O) groups is 1. The number of nitrogens with one attached hydrogen (secondary N) is 2. The highest BCUT2D eigenvalue weighted by Gasteiger charge is 2.21. The van der Waals surface area contributed by atoms with Crippen molar-refractivity contribution >= 4 is 17.6 Å². The summed E-state index contributed by atoms with van der Waals surface area (Å²) in [6.45, 7) is -1.20. The number of hydrogen-bond acceptors (Lipinski definition) is 6. The predicted octanol–water partition coefficient (Wildman–Crippen LogP) is 2.37. The summed E-state index contributed by atoms with van der Waals surface area (Å²) in [5.41, 5.74) is 4.53. The van der Waals surface area contributed by atoms with E-state index in [0.29, 0.717) is 0 Å². The van der Waals surface area contributed by atoms with Crippen LogP contribution in [-0.4, -0.2) is 41.8 Å². The van der Waals surface area contributed by atoms with Crippen LogP contribution in [0.4, 0.5) is 18.9 Å². The largest absolute Gasteiger partial charge is 0.466 e. The third-order valence-corrected chi connectivity index (χ3v) is 3.83. The van der Waals surface area contributed by atoms with Gasteiger partial charge in [-0.2, -0.15) is 0 Å². The second-order valence-electron chi connectivity index (χ2n) is 5.90. The van der Waals surface area contributed by atoms with Crippen molar-refractivity contribution in [1.29, 1.82) is 5.41 Å². The van der Waals surface area contributed by atoms with Gasteiger partial charge < -0.3 is 20.5 Å². The van der Waals surface area contributed by atoms with Crippen LogP contribution in [0.5, 0.6) is 5.88 Å². The summed E-state index contributed by atoms with van der Waals surface area (Å²) in [7, 11) is 0. The topological polar surface area (TPSA) is 123 Å². The van der Waals surface area contributed by atoms with Crippen molar-refractivity contribution in [2.45, 2.75) is 12.3 Å². The summed E-state index contributed by atoms with van der Waals surface area (Å²) in [6.07, 6.45) is 7.29. The van der Waals surface area contributed by atoms with E-state index < -0.39 is 36.2 Å². The molecule has 8 nitrogen and oxygen atoms in total. The maximum Gasteiger partial charge on any atom is 0.278 e. The maximum atomic E-state index is 14.2. The minimum Gasteiger partial charge on any atom is -0.466 e.